The monoisotopic (exact) mass is 461 g/mol. The van der Waals surface area contributed by atoms with E-state index < -0.39 is 5.97 Å². The van der Waals surface area contributed by atoms with Gasteiger partial charge in [0.25, 0.3) is 5.56 Å². The van der Waals surface area contributed by atoms with Crippen LogP contribution in [0.5, 0.6) is 0 Å². The van der Waals surface area contributed by atoms with Crippen molar-refractivity contribution >= 4 is 39.1 Å². The van der Waals surface area contributed by atoms with Crippen molar-refractivity contribution in [2.45, 2.75) is 33.4 Å². The fraction of sp³-hybridized carbons (Fsp3) is 0.200. The van der Waals surface area contributed by atoms with Gasteiger partial charge in [0, 0.05) is 5.69 Å². The molecule has 2 heterocycles. The van der Waals surface area contributed by atoms with E-state index in [1.165, 1.54) is 10.9 Å². The van der Waals surface area contributed by atoms with Gasteiger partial charge in [0.15, 0.2) is 0 Å². The summed E-state index contributed by atoms with van der Waals surface area (Å²) in [4.78, 5) is 43.4. The maximum Gasteiger partial charge on any atom is 0.349 e. The summed E-state index contributed by atoms with van der Waals surface area (Å²) in [5.41, 5.74) is 2.76. The topological polar surface area (TPSA) is 90.3 Å². The minimum absolute atomic E-state index is 0.143. The molecule has 0 aliphatic heterocycles. The summed E-state index contributed by atoms with van der Waals surface area (Å²) in [6.07, 6.45) is 2.12. The quantitative estimate of drug-likeness (QED) is 0.414. The first-order valence-corrected chi connectivity index (χ1v) is 11.4. The molecular formula is C25H23N3O4S. The van der Waals surface area contributed by atoms with Crippen LogP contribution in [0, 0.1) is 6.92 Å². The van der Waals surface area contributed by atoms with Crippen molar-refractivity contribution in [3.63, 3.8) is 0 Å². The molecule has 0 radical (unpaired) electrons. The van der Waals surface area contributed by atoms with Crippen LogP contribution in [0.4, 0.5) is 5.69 Å². The Morgan fingerprint density at radius 1 is 1.09 bits per heavy atom. The number of esters is 1. The number of rotatable bonds is 7. The molecule has 2 aromatic carbocycles. The molecule has 1 N–H and O–H groups in total. The van der Waals surface area contributed by atoms with Gasteiger partial charge in [-0.1, -0.05) is 55.5 Å². The number of para-hydroxylation sites is 1. The molecule has 1 amide bonds. The third-order valence-electron chi connectivity index (χ3n) is 5.30. The van der Waals surface area contributed by atoms with E-state index in [1.54, 1.807) is 6.92 Å². The van der Waals surface area contributed by atoms with Crippen LogP contribution in [-0.2, 0) is 29.1 Å². The predicted octanol–water partition coefficient (Wildman–Crippen LogP) is 4.32. The average Bonchev–Trinajstić information content (AvgIpc) is 3.17. The molecular weight excluding hydrogens is 438 g/mol. The van der Waals surface area contributed by atoms with Crippen molar-refractivity contribution in [1.82, 2.24) is 9.55 Å². The number of benzene rings is 2. The summed E-state index contributed by atoms with van der Waals surface area (Å²) in [5, 5.41) is 3.19. The molecule has 4 aromatic rings. The van der Waals surface area contributed by atoms with Crippen molar-refractivity contribution in [3.8, 4) is 0 Å². The van der Waals surface area contributed by atoms with E-state index in [0.29, 0.717) is 20.7 Å². The summed E-state index contributed by atoms with van der Waals surface area (Å²) >= 11 is 1.12. The second kappa shape index (κ2) is 9.79. The number of aryl methyl sites for hydroxylation is 2. The number of hydrogen-bond donors (Lipinski definition) is 1. The van der Waals surface area contributed by atoms with Crippen LogP contribution in [0.15, 0.2) is 65.7 Å². The van der Waals surface area contributed by atoms with Crippen molar-refractivity contribution < 1.29 is 14.3 Å². The Hall–Kier alpha value is -3.78. The van der Waals surface area contributed by atoms with Gasteiger partial charge >= 0.3 is 5.97 Å². The van der Waals surface area contributed by atoms with Crippen molar-refractivity contribution in [3.05, 3.63) is 92.8 Å². The van der Waals surface area contributed by atoms with Gasteiger partial charge in [-0.2, -0.15) is 0 Å². The molecule has 4 rings (SSSR count). The first-order valence-electron chi connectivity index (χ1n) is 10.5. The maximum absolute atomic E-state index is 13.1. The highest BCUT2D eigenvalue weighted by molar-refractivity contribution is 7.20. The Labute approximate surface area is 194 Å². The summed E-state index contributed by atoms with van der Waals surface area (Å²) in [5.74, 6) is -0.825. The first-order chi connectivity index (χ1) is 16.0. The molecule has 8 heteroatoms. The zero-order valence-corrected chi connectivity index (χ0v) is 19.1. The summed E-state index contributed by atoms with van der Waals surface area (Å²) in [6.45, 7) is 3.67. The zero-order valence-electron chi connectivity index (χ0n) is 18.3. The van der Waals surface area contributed by atoms with Gasteiger partial charge in [-0.05, 0) is 36.1 Å². The van der Waals surface area contributed by atoms with Gasteiger partial charge < -0.3 is 10.1 Å². The standard InChI is InChI=1S/C25H23N3O4S/c1-3-18-11-7-8-12-19(18)27-20(29)13-28-15-26-23-21(24(28)30)16(2)22(33-23)25(31)32-14-17-9-5-4-6-10-17/h4-12,15H,3,13-14H2,1-2H3,(H,27,29). The average molecular weight is 462 g/mol. The lowest BCUT2D eigenvalue weighted by Crippen LogP contribution is -2.28. The summed E-state index contributed by atoms with van der Waals surface area (Å²) in [7, 11) is 0. The predicted molar refractivity (Wildman–Crippen MR) is 129 cm³/mol. The van der Waals surface area contributed by atoms with Gasteiger partial charge in [-0.25, -0.2) is 9.78 Å². The highest BCUT2D eigenvalue weighted by atomic mass is 32.1. The Morgan fingerprint density at radius 2 is 1.82 bits per heavy atom. The Kier molecular flexibility index (Phi) is 6.65. The van der Waals surface area contributed by atoms with Crippen LogP contribution in [0.1, 0.15) is 33.3 Å². The van der Waals surface area contributed by atoms with Gasteiger partial charge in [0.05, 0.1) is 11.7 Å². The molecule has 0 saturated carbocycles. The molecule has 0 unspecified atom stereocenters. The minimum atomic E-state index is -0.501. The fourth-order valence-corrected chi connectivity index (χ4v) is 4.58. The van der Waals surface area contributed by atoms with E-state index in [-0.39, 0.29) is 24.6 Å². The Balaban J connectivity index is 1.53. The smallest absolute Gasteiger partial charge is 0.349 e. The molecule has 0 spiro atoms. The van der Waals surface area contributed by atoms with E-state index in [2.05, 4.69) is 10.3 Å². The SMILES string of the molecule is CCc1ccccc1NC(=O)Cn1cnc2sc(C(=O)OCc3ccccc3)c(C)c2c1=O. The van der Waals surface area contributed by atoms with Crippen LogP contribution in [0.2, 0.25) is 0 Å². The molecule has 0 aliphatic rings. The number of carbonyl (C=O) groups is 2. The molecule has 0 aliphatic carbocycles. The number of aromatic nitrogens is 2. The van der Waals surface area contributed by atoms with Crippen molar-refractivity contribution in [2.24, 2.45) is 0 Å². The Morgan fingerprint density at radius 3 is 2.58 bits per heavy atom. The van der Waals surface area contributed by atoms with Crippen molar-refractivity contribution in [1.29, 1.82) is 0 Å². The minimum Gasteiger partial charge on any atom is -0.457 e. The normalized spacial score (nSPS) is 10.8. The molecule has 2 aromatic heterocycles. The second-order valence-corrected chi connectivity index (χ2v) is 8.53. The maximum atomic E-state index is 13.1. The second-order valence-electron chi connectivity index (χ2n) is 7.53. The molecule has 33 heavy (non-hydrogen) atoms. The number of nitrogens with zero attached hydrogens (tertiary/aromatic N) is 2. The third kappa shape index (κ3) is 4.85. The number of thiophene rings is 1. The highest BCUT2D eigenvalue weighted by Gasteiger charge is 2.21. The van der Waals surface area contributed by atoms with E-state index in [4.69, 9.17) is 4.74 Å². The van der Waals surface area contributed by atoms with Gasteiger partial charge in [-0.15, -0.1) is 11.3 Å². The third-order valence-corrected chi connectivity index (χ3v) is 6.48. The summed E-state index contributed by atoms with van der Waals surface area (Å²) in [6, 6.07) is 16.9. The van der Waals surface area contributed by atoms with Crippen LogP contribution < -0.4 is 10.9 Å². The molecule has 168 valence electrons. The lowest BCUT2D eigenvalue weighted by Gasteiger charge is -2.10. The van der Waals surface area contributed by atoms with E-state index in [9.17, 15) is 14.4 Å². The molecule has 0 atom stereocenters. The molecule has 0 bridgehead atoms. The van der Waals surface area contributed by atoms with Crippen LogP contribution in [-0.4, -0.2) is 21.4 Å². The molecule has 7 nitrogen and oxygen atoms in total. The first kappa shape index (κ1) is 22.4. The molecule has 0 fully saturated rings. The van der Waals surface area contributed by atoms with Crippen LogP contribution in [0.3, 0.4) is 0 Å². The summed E-state index contributed by atoms with van der Waals surface area (Å²) < 4.78 is 6.67. The van der Waals surface area contributed by atoms with E-state index >= 15 is 0 Å². The lowest BCUT2D eigenvalue weighted by molar-refractivity contribution is -0.116. The lowest BCUT2D eigenvalue weighted by atomic mass is 10.1. The number of fused-ring (bicyclic) bond motifs is 1. The van der Waals surface area contributed by atoms with Crippen LogP contribution in [0.25, 0.3) is 10.2 Å². The number of anilines is 1. The van der Waals surface area contributed by atoms with Crippen LogP contribution >= 0.6 is 11.3 Å². The fourth-order valence-electron chi connectivity index (χ4n) is 3.55. The largest absolute Gasteiger partial charge is 0.457 e. The number of ether oxygens (including phenoxy) is 1. The van der Waals surface area contributed by atoms with Gasteiger partial charge in [0.1, 0.15) is 22.9 Å². The van der Waals surface area contributed by atoms with Gasteiger partial charge in [0.2, 0.25) is 5.91 Å². The number of amides is 1. The number of nitrogens with one attached hydrogen (secondary N) is 1. The number of hydrogen-bond acceptors (Lipinski definition) is 6. The zero-order chi connectivity index (χ0) is 23.4. The van der Waals surface area contributed by atoms with E-state index in [1.807, 2.05) is 61.5 Å². The number of carbonyl (C=O) groups excluding carboxylic acids is 2. The van der Waals surface area contributed by atoms with Crippen molar-refractivity contribution in [2.75, 3.05) is 5.32 Å². The van der Waals surface area contributed by atoms with Gasteiger partial charge in [-0.3, -0.25) is 14.2 Å². The van der Waals surface area contributed by atoms with E-state index in [0.717, 1.165) is 34.6 Å². The Bertz CT molecular complexity index is 1380. The molecule has 0 saturated heterocycles. The highest BCUT2D eigenvalue weighted by Crippen LogP contribution is 2.27.